The Bertz CT molecular complexity index is 1110. The molecule has 0 radical (unpaired) electrons. The number of carbonyl (C=O) groups excluding carboxylic acids is 1. The van der Waals surface area contributed by atoms with E-state index < -0.39 is 10.0 Å². The topological polar surface area (TPSA) is 79.6 Å². The van der Waals surface area contributed by atoms with Crippen LogP contribution in [0.3, 0.4) is 0 Å². The van der Waals surface area contributed by atoms with Gasteiger partial charge in [0.25, 0.3) is 5.91 Å². The van der Waals surface area contributed by atoms with Crippen LogP contribution < -0.4 is 9.62 Å². The van der Waals surface area contributed by atoms with Gasteiger partial charge in [-0.05, 0) is 55.0 Å². The summed E-state index contributed by atoms with van der Waals surface area (Å²) in [6.45, 7) is 0.484. The highest BCUT2D eigenvalue weighted by atomic mass is 35.5. The molecule has 9 heteroatoms. The molecule has 3 rings (SSSR count). The van der Waals surface area contributed by atoms with Crippen LogP contribution in [0.25, 0.3) is 0 Å². The lowest BCUT2D eigenvalue weighted by Crippen LogP contribution is -2.30. The molecule has 31 heavy (non-hydrogen) atoms. The first-order valence-electron chi connectivity index (χ1n) is 9.57. The number of amides is 1. The number of carbonyl (C=O) groups is 1. The lowest BCUT2D eigenvalue weighted by molar-refractivity contribution is 0.0953. The minimum Gasteiger partial charge on any atom is -0.469 e. The first kappa shape index (κ1) is 23.2. The molecule has 0 fully saturated rings. The van der Waals surface area contributed by atoms with Crippen molar-refractivity contribution in [2.45, 2.75) is 19.4 Å². The van der Waals surface area contributed by atoms with Gasteiger partial charge in [0.15, 0.2) is 0 Å². The van der Waals surface area contributed by atoms with E-state index >= 15 is 0 Å². The lowest BCUT2D eigenvalue weighted by atomic mass is 10.1. The normalized spacial score (nSPS) is 11.3. The average Bonchev–Trinajstić information content (AvgIpc) is 3.24. The summed E-state index contributed by atoms with van der Waals surface area (Å²) in [7, 11) is -3.62. The van der Waals surface area contributed by atoms with E-state index in [2.05, 4.69) is 5.32 Å². The monoisotopic (exact) mass is 480 g/mol. The Morgan fingerprint density at radius 3 is 2.29 bits per heavy atom. The van der Waals surface area contributed by atoms with Crippen molar-refractivity contribution in [2.24, 2.45) is 0 Å². The fourth-order valence-electron chi connectivity index (χ4n) is 3.03. The summed E-state index contributed by atoms with van der Waals surface area (Å²) >= 11 is 12.4. The molecule has 1 heterocycles. The Labute approximate surface area is 191 Å². The van der Waals surface area contributed by atoms with Crippen LogP contribution in [0.15, 0.2) is 65.3 Å². The standard InChI is InChI=1S/C22H22Cl2N2O4S/c1-31(28,29)26(15-19-20(23)7-2-8-21(19)24)17-11-9-16(10-12-17)22(27)25-13-3-5-18-6-4-14-30-18/h2,4,6-12,14H,3,5,13,15H2,1H3,(H,25,27). The van der Waals surface area contributed by atoms with Crippen LogP contribution in [0, 0.1) is 0 Å². The molecule has 1 N–H and O–H groups in total. The molecule has 0 unspecified atom stereocenters. The third-order valence-corrected chi connectivity index (χ3v) is 6.50. The van der Waals surface area contributed by atoms with Crippen LogP contribution in [0.5, 0.6) is 0 Å². The van der Waals surface area contributed by atoms with Gasteiger partial charge in [-0.15, -0.1) is 0 Å². The smallest absolute Gasteiger partial charge is 0.251 e. The number of sulfonamides is 1. The van der Waals surface area contributed by atoms with E-state index in [1.807, 2.05) is 12.1 Å². The Morgan fingerprint density at radius 2 is 1.71 bits per heavy atom. The fraction of sp³-hybridized carbons (Fsp3) is 0.227. The Hall–Kier alpha value is -2.48. The number of furan rings is 1. The maximum atomic E-state index is 12.4. The molecule has 2 aromatic carbocycles. The van der Waals surface area contributed by atoms with Crippen LogP contribution in [-0.2, 0) is 23.0 Å². The molecule has 0 aliphatic heterocycles. The third kappa shape index (κ3) is 6.26. The Balaban J connectivity index is 1.67. The summed E-state index contributed by atoms with van der Waals surface area (Å²) in [5.41, 5.74) is 1.36. The molecule has 0 aliphatic carbocycles. The van der Waals surface area contributed by atoms with Crippen LogP contribution in [0.1, 0.15) is 28.1 Å². The van der Waals surface area contributed by atoms with Gasteiger partial charge in [0, 0.05) is 34.1 Å². The highest BCUT2D eigenvalue weighted by molar-refractivity contribution is 7.92. The van der Waals surface area contributed by atoms with Crippen molar-refractivity contribution in [1.29, 1.82) is 0 Å². The first-order chi connectivity index (χ1) is 14.8. The molecule has 164 valence electrons. The van der Waals surface area contributed by atoms with Gasteiger partial charge in [-0.25, -0.2) is 8.42 Å². The number of benzene rings is 2. The number of hydrogen-bond donors (Lipinski definition) is 1. The molecule has 3 aromatic rings. The van der Waals surface area contributed by atoms with Gasteiger partial charge in [0.1, 0.15) is 5.76 Å². The van der Waals surface area contributed by atoms with Crippen LogP contribution in [-0.4, -0.2) is 27.1 Å². The van der Waals surface area contributed by atoms with E-state index in [4.69, 9.17) is 27.6 Å². The zero-order chi connectivity index (χ0) is 22.4. The molecule has 6 nitrogen and oxygen atoms in total. The molecular weight excluding hydrogens is 459 g/mol. The molecule has 0 saturated heterocycles. The predicted molar refractivity (Wildman–Crippen MR) is 123 cm³/mol. The molecular formula is C22H22Cl2N2O4S. The highest BCUT2D eigenvalue weighted by Crippen LogP contribution is 2.29. The molecule has 0 aliphatic rings. The Morgan fingerprint density at radius 1 is 1.03 bits per heavy atom. The first-order valence-corrected chi connectivity index (χ1v) is 12.2. The zero-order valence-corrected chi connectivity index (χ0v) is 19.2. The van der Waals surface area contributed by atoms with Crippen molar-refractivity contribution >= 4 is 44.8 Å². The summed E-state index contributed by atoms with van der Waals surface area (Å²) < 4.78 is 31.3. The third-order valence-electron chi connectivity index (χ3n) is 4.65. The summed E-state index contributed by atoms with van der Waals surface area (Å²) in [5.74, 6) is 0.643. The maximum Gasteiger partial charge on any atom is 0.251 e. The van der Waals surface area contributed by atoms with E-state index in [0.29, 0.717) is 33.4 Å². The summed E-state index contributed by atoms with van der Waals surface area (Å²) in [6, 6.07) is 15.1. The van der Waals surface area contributed by atoms with Gasteiger partial charge in [0.05, 0.1) is 24.8 Å². The van der Waals surface area contributed by atoms with Gasteiger partial charge in [-0.1, -0.05) is 29.3 Å². The largest absolute Gasteiger partial charge is 0.469 e. The number of nitrogens with one attached hydrogen (secondary N) is 1. The number of aryl methyl sites for hydroxylation is 1. The van der Waals surface area contributed by atoms with Crippen molar-refractivity contribution in [2.75, 3.05) is 17.1 Å². The number of hydrogen-bond acceptors (Lipinski definition) is 4. The number of halogens is 2. The van der Waals surface area contributed by atoms with Gasteiger partial charge in [-0.2, -0.15) is 0 Å². The summed E-state index contributed by atoms with van der Waals surface area (Å²) in [6.07, 6.45) is 4.21. The lowest BCUT2D eigenvalue weighted by Gasteiger charge is -2.23. The van der Waals surface area contributed by atoms with Crippen molar-refractivity contribution in [3.8, 4) is 0 Å². The van der Waals surface area contributed by atoms with Gasteiger partial charge in [0.2, 0.25) is 10.0 Å². The van der Waals surface area contributed by atoms with Gasteiger partial charge < -0.3 is 9.73 Å². The second-order valence-electron chi connectivity index (χ2n) is 6.96. The van der Waals surface area contributed by atoms with Crippen LogP contribution >= 0.6 is 23.2 Å². The predicted octanol–water partition coefficient (Wildman–Crippen LogP) is 4.92. The Kier molecular flexibility index (Phi) is 7.64. The van der Waals surface area contributed by atoms with E-state index in [1.165, 1.54) is 4.31 Å². The van der Waals surface area contributed by atoms with Crippen molar-refractivity contribution < 1.29 is 17.6 Å². The molecule has 1 amide bonds. The van der Waals surface area contributed by atoms with Crippen LogP contribution in [0.2, 0.25) is 10.0 Å². The second kappa shape index (κ2) is 10.2. The number of anilines is 1. The quantitative estimate of drug-likeness (QED) is 0.441. The molecule has 0 spiro atoms. The average molecular weight is 481 g/mol. The maximum absolute atomic E-state index is 12.4. The summed E-state index contributed by atoms with van der Waals surface area (Å²) in [4.78, 5) is 12.4. The molecule has 0 atom stereocenters. The fourth-order valence-corrected chi connectivity index (χ4v) is 4.41. The molecule has 0 saturated carbocycles. The SMILES string of the molecule is CS(=O)(=O)N(Cc1c(Cl)cccc1Cl)c1ccc(C(=O)NCCCc2ccco2)cc1. The zero-order valence-electron chi connectivity index (χ0n) is 16.8. The van der Waals surface area contributed by atoms with Crippen molar-refractivity contribution in [1.82, 2.24) is 5.32 Å². The second-order valence-corrected chi connectivity index (χ2v) is 9.68. The molecule has 1 aromatic heterocycles. The van der Waals surface area contributed by atoms with Crippen LogP contribution in [0.4, 0.5) is 5.69 Å². The van der Waals surface area contributed by atoms with E-state index in [1.54, 1.807) is 48.7 Å². The molecule has 0 bridgehead atoms. The van der Waals surface area contributed by atoms with E-state index in [9.17, 15) is 13.2 Å². The highest BCUT2D eigenvalue weighted by Gasteiger charge is 2.21. The van der Waals surface area contributed by atoms with Crippen molar-refractivity contribution in [3.05, 3.63) is 87.8 Å². The number of nitrogens with zero attached hydrogens (tertiary/aromatic N) is 1. The number of rotatable bonds is 9. The van der Waals surface area contributed by atoms with E-state index in [0.717, 1.165) is 24.9 Å². The van der Waals surface area contributed by atoms with Crippen molar-refractivity contribution in [3.63, 3.8) is 0 Å². The van der Waals surface area contributed by atoms with Gasteiger partial charge in [-0.3, -0.25) is 9.10 Å². The summed E-state index contributed by atoms with van der Waals surface area (Å²) in [5, 5.41) is 3.61. The van der Waals surface area contributed by atoms with Gasteiger partial charge >= 0.3 is 0 Å². The minimum absolute atomic E-state index is 0.0182. The van der Waals surface area contributed by atoms with E-state index in [-0.39, 0.29) is 12.5 Å². The minimum atomic E-state index is -3.62.